The van der Waals surface area contributed by atoms with Gasteiger partial charge in [-0.3, -0.25) is 0 Å². The average molecular weight is 358 g/mol. The third-order valence-electron chi connectivity index (χ3n) is 3.07. The van der Waals surface area contributed by atoms with Crippen molar-refractivity contribution in [1.82, 2.24) is 0 Å². The van der Waals surface area contributed by atoms with Crippen molar-refractivity contribution in [3.63, 3.8) is 0 Å². The Morgan fingerprint density at radius 3 is 1.78 bits per heavy atom. The molecule has 0 saturated heterocycles. The van der Waals surface area contributed by atoms with E-state index in [-0.39, 0.29) is 36.7 Å². The fourth-order valence-electron chi connectivity index (χ4n) is 2.10. The molecule has 0 aromatic carbocycles. The van der Waals surface area contributed by atoms with E-state index in [0.717, 1.165) is 0 Å². The normalized spacial score (nSPS) is 9.35. The molecule has 2 aliphatic rings. The van der Waals surface area contributed by atoms with Crippen molar-refractivity contribution in [2.45, 2.75) is 0 Å². The zero-order valence-electron chi connectivity index (χ0n) is 11.2. The van der Waals surface area contributed by atoms with E-state index in [0.29, 0.717) is 11.1 Å². The van der Waals surface area contributed by atoms with Crippen LogP contribution in [0, 0.1) is 45.3 Å². The van der Waals surface area contributed by atoms with Crippen LogP contribution in [0.4, 0.5) is 0 Å². The van der Waals surface area contributed by atoms with Gasteiger partial charge in [0, 0.05) is 21.0 Å². The maximum Gasteiger partial charge on any atom is 0.139 e. The van der Waals surface area contributed by atoms with E-state index in [1.807, 2.05) is 0 Å². The average Bonchev–Trinajstić information content (AvgIpc) is 2.68. The molecule has 0 spiro atoms. The molecule has 0 saturated carbocycles. The molecule has 0 aliphatic heterocycles. The zero-order valence-corrected chi connectivity index (χ0v) is 13.4. The molecule has 7 heteroatoms. The lowest BCUT2D eigenvalue weighted by atomic mass is 10.1. The Kier molecular flexibility index (Phi) is 4.76. The van der Waals surface area contributed by atoms with Crippen LogP contribution in [0.3, 0.4) is 0 Å². The molecule has 0 N–H and O–H groups in total. The molecule has 0 heterocycles. The first-order chi connectivity index (χ1) is 11.0. The summed E-state index contributed by atoms with van der Waals surface area (Å²) in [7, 11) is 0. The van der Waals surface area contributed by atoms with Crippen molar-refractivity contribution in [2.24, 2.45) is 0 Å². The highest BCUT2D eigenvalue weighted by molar-refractivity contribution is 6.45. The molecule has 0 aromatic heterocycles. The van der Waals surface area contributed by atoms with Gasteiger partial charge < -0.3 is 0 Å². The third kappa shape index (κ3) is 2.80. The highest BCUT2D eigenvalue weighted by Crippen LogP contribution is 2.35. The van der Waals surface area contributed by atoms with Crippen LogP contribution < -0.4 is 10.4 Å². The molecule has 2 rings (SSSR count). The van der Waals surface area contributed by atoms with Gasteiger partial charge in [0.05, 0.1) is 10.0 Å². The minimum Gasteiger partial charge on any atom is -0.192 e. The molecule has 0 atom stereocenters. The quantitative estimate of drug-likeness (QED) is 0.723. The molecule has 0 amide bonds. The minimum atomic E-state index is -0.226. The van der Waals surface area contributed by atoms with E-state index in [1.165, 1.54) is 18.2 Å². The van der Waals surface area contributed by atoms with Gasteiger partial charge in [-0.25, -0.2) is 0 Å². The van der Waals surface area contributed by atoms with Crippen molar-refractivity contribution in [3.05, 3.63) is 43.7 Å². The van der Waals surface area contributed by atoms with Crippen molar-refractivity contribution < 1.29 is 0 Å². The van der Waals surface area contributed by atoms with E-state index >= 15 is 0 Å². The second kappa shape index (κ2) is 6.58. The van der Waals surface area contributed by atoms with Gasteiger partial charge in [0.2, 0.25) is 0 Å². The van der Waals surface area contributed by atoms with Crippen LogP contribution in [0.1, 0.15) is 0 Å². The maximum absolute atomic E-state index is 9.11. The van der Waals surface area contributed by atoms with Crippen molar-refractivity contribution in [3.8, 4) is 35.4 Å². The monoisotopic (exact) mass is 356 g/mol. The van der Waals surface area contributed by atoms with Gasteiger partial charge in [0.1, 0.15) is 35.4 Å². The highest BCUT2D eigenvalue weighted by atomic mass is 35.5. The van der Waals surface area contributed by atoms with Crippen molar-refractivity contribution >= 4 is 45.9 Å². The van der Waals surface area contributed by atoms with Crippen LogP contribution in [0.15, 0.2) is 18.2 Å². The van der Waals surface area contributed by atoms with Crippen LogP contribution in [0.2, 0.25) is 15.1 Å². The van der Waals surface area contributed by atoms with Gasteiger partial charge in [0.25, 0.3) is 0 Å². The predicted molar refractivity (Wildman–Crippen MR) is 86.6 cm³/mol. The summed E-state index contributed by atoms with van der Waals surface area (Å²) >= 11 is 18.4. The Bertz CT molecular complexity index is 1060. The van der Waals surface area contributed by atoms with Crippen LogP contribution in [-0.2, 0) is 0 Å². The van der Waals surface area contributed by atoms with Gasteiger partial charge in [0.15, 0.2) is 0 Å². The van der Waals surface area contributed by atoms with Crippen LogP contribution in [0.5, 0.6) is 0 Å². The molecule has 0 radical (unpaired) electrons. The summed E-state index contributed by atoms with van der Waals surface area (Å²) < 4.78 is 0. The Morgan fingerprint density at radius 1 is 0.696 bits per heavy atom. The van der Waals surface area contributed by atoms with Gasteiger partial charge in [-0.2, -0.15) is 21.0 Å². The fourth-order valence-corrected chi connectivity index (χ4v) is 2.87. The van der Waals surface area contributed by atoms with E-state index in [1.54, 1.807) is 24.3 Å². The summed E-state index contributed by atoms with van der Waals surface area (Å²) in [5.41, 5.74) is 0.388. The van der Waals surface area contributed by atoms with Gasteiger partial charge in [-0.1, -0.05) is 34.8 Å². The van der Waals surface area contributed by atoms with Gasteiger partial charge in [-0.05, 0) is 23.8 Å². The number of fused-ring (bicyclic) bond motifs is 1. The van der Waals surface area contributed by atoms with E-state index in [4.69, 9.17) is 55.9 Å². The number of hydrogen-bond acceptors (Lipinski definition) is 4. The number of rotatable bonds is 0. The van der Waals surface area contributed by atoms with Gasteiger partial charge in [-0.15, -0.1) is 0 Å². The first-order valence-electron chi connectivity index (χ1n) is 5.94. The van der Waals surface area contributed by atoms with Crippen molar-refractivity contribution in [1.29, 1.82) is 21.0 Å². The molecule has 0 fully saturated rings. The summed E-state index contributed by atoms with van der Waals surface area (Å²) in [6.45, 7) is 0. The lowest BCUT2D eigenvalue weighted by molar-refractivity contribution is 1.49. The van der Waals surface area contributed by atoms with E-state index in [2.05, 4.69) is 0 Å². The topological polar surface area (TPSA) is 95.2 Å². The molecular weight excluding hydrogens is 355 g/mol. The van der Waals surface area contributed by atoms with Crippen LogP contribution >= 0.6 is 34.8 Å². The van der Waals surface area contributed by atoms with Crippen molar-refractivity contribution in [2.75, 3.05) is 0 Å². The Labute approximate surface area is 146 Å². The first-order valence-corrected chi connectivity index (χ1v) is 7.08. The highest BCUT2D eigenvalue weighted by Gasteiger charge is 2.19. The Hall–Kier alpha value is -2.73. The zero-order chi connectivity index (χ0) is 17.1. The Balaban J connectivity index is 3.25. The van der Waals surface area contributed by atoms with E-state index in [9.17, 15) is 0 Å². The largest absolute Gasteiger partial charge is 0.192 e. The summed E-state index contributed by atoms with van der Waals surface area (Å²) in [5, 5.41) is 37.1. The lowest BCUT2D eigenvalue weighted by Gasteiger charge is -1.93. The number of halogens is 3. The first kappa shape index (κ1) is 16.6. The molecule has 2 aliphatic carbocycles. The number of nitrogens with zero attached hydrogens (tertiary/aromatic N) is 4. The fraction of sp³-hybridized carbons (Fsp3) is 0. The summed E-state index contributed by atoms with van der Waals surface area (Å²) in [6, 6.07) is 11.4. The van der Waals surface area contributed by atoms with Gasteiger partial charge >= 0.3 is 0 Å². The van der Waals surface area contributed by atoms with Crippen LogP contribution in [0.25, 0.3) is 22.3 Å². The smallest absolute Gasteiger partial charge is 0.139 e. The lowest BCUT2D eigenvalue weighted by Crippen LogP contribution is -2.08. The second-order valence-corrected chi connectivity index (χ2v) is 5.49. The molecule has 23 heavy (non-hydrogen) atoms. The third-order valence-corrected chi connectivity index (χ3v) is 4.16. The Morgan fingerprint density at radius 2 is 1.26 bits per heavy atom. The number of hydrogen-bond donors (Lipinski definition) is 0. The summed E-state index contributed by atoms with van der Waals surface area (Å²) in [4.78, 5) is 0. The standard InChI is InChI=1S/C16H3Cl3N4/c17-11-1-8(9(4-20)5-21)2-12-13(3-11)15(18)16(19)14(12)10(6-22)7-23/h1-3H. The summed E-state index contributed by atoms with van der Waals surface area (Å²) in [6.07, 6.45) is 0. The molecule has 108 valence electrons. The second-order valence-electron chi connectivity index (χ2n) is 4.30. The number of nitriles is 4. The van der Waals surface area contributed by atoms with Crippen LogP contribution in [-0.4, -0.2) is 0 Å². The molecule has 0 aromatic rings. The molecule has 0 unspecified atom stereocenters. The minimum absolute atomic E-state index is 0.0449. The molecule has 0 bridgehead atoms. The molecular formula is C16H3Cl3N4. The summed E-state index contributed by atoms with van der Waals surface area (Å²) in [5.74, 6) is 0. The SMILES string of the molecule is N#CC(C#N)=c1cc(Cl)cc2c(Cl)c(Cl)c(=C(C#N)C#N)c-2c1. The predicted octanol–water partition coefficient (Wildman–Crippen LogP) is 3.15. The molecule has 4 nitrogen and oxygen atoms in total. The van der Waals surface area contributed by atoms with E-state index < -0.39 is 0 Å². The maximum atomic E-state index is 9.11.